The summed E-state index contributed by atoms with van der Waals surface area (Å²) in [6.07, 6.45) is 1.56. The smallest absolute Gasteiger partial charge is 0.326 e. The van der Waals surface area contributed by atoms with Gasteiger partial charge in [-0.2, -0.15) is 0 Å². The van der Waals surface area contributed by atoms with Crippen molar-refractivity contribution in [3.63, 3.8) is 0 Å². The second kappa shape index (κ2) is 28.0. The summed E-state index contributed by atoms with van der Waals surface area (Å²) in [5.74, 6) is -7.34. The minimum absolute atomic E-state index is 0.0215. The number of carboxylic acid groups (broad SMARTS) is 1. The molecule has 0 unspecified atom stereocenters. The molecule has 0 aliphatic rings. The van der Waals surface area contributed by atoms with Crippen LogP contribution < -0.4 is 60.6 Å². The van der Waals surface area contributed by atoms with E-state index in [-0.39, 0.29) is 69.5 Å². The number of carbonyl (C=O) groups excluding carboxylic acids is 6. The number of nitrogens with zero attached hydrogens (tertiary/aromatic N) is 3. The van der Waals surface area contributed by atoms with Crippen LogP contribution in [0.4, 0.5) is 0 Å². The number of aliphatic carboxylic acids is 1. The molecule has 8 atom stereocenters. The fourth-order valence-electron chi connectivity index (χ4n) is 6.21. The largest absolute Gasteiger partial charge is 0.480 e. The Morgan fingerprint density at radius 1 is 0.677 bits per heavy atom. The number of hydrogen-bond acceptors (Lipinski definition) is 13. The normalized spacial score (nSPS) is 14.7. The van der Waals surface area contributed by atoms with Crippen LogP contribution in [0.1, 0.15) is 64.1 Å². The average Bonchev–Trinajstić information content (AvgIpc) is 3.76. The molecule has 65 heavy (non-hydrogen) atoms. The van der Waals surface area contributed by atoms with Gasteiger partial charge >= 0.3 is 5.97 Å². The first-order valence-electron chi connectivity index (χ1n) is 20.9. The number of aliphatic hydroxyl groups excluding tert-OH is 2. The Morgan fingerprint density at radius 2 is 1.20 bits per heavy atom. The third kappa shape index (κ3) is 20.5. The predicted molar refractivity (Wildman–Crippen MR) is 238 cm³/mol. The van der Waals surface area contributed by atoms with Crippen LogP contribution in [0.5, 0.6) is 0 Å². The maximum absolute atomic E-state index is 13.9. The van der Waals surface area contributed by atoms with Crippen LogP contribution in [0.15, 0.2) is 52.8 Å². The number of nitrogens with two attached hydrogens (primary N) is 5. The standard InChI is InChI=1S/C40H65N15O10/c1-21(2)15-27(34(60)52-28(16-23-9-5-4-6-10-23)35(61)53-29(38(64)65)17-24-18-46-20-49-24)51-36(62)30(19-56)54-33(59)26(12-8-14-48-40(44)45)50-37(63)31(22(3)57)55-32(58)25(41)11-7-13-47-39(42)43/h4-6,9-10,18,20-22,25-31,56-57H,7-8,11-17,19,41H2,1-3H3,(H,46,49)(H,50,63)(H,51,62)(H,52,60)(H,53,61)(H,54,59)(H,55,58)(H,64,65)(H4,42,43,47)(H4,44,45,48)/t22-,25+,26+,27+,28+,29+,30+,31+/m1/s1. The van der Waals surface area contributed by atoms with Gasteiger partial charge in [0.25, 0.3) is 0 Å². The van der Waals surface area contributed by atoms with Crippen molar-refractivity contribution in [1.29, 1.82) is 0 Å². The Bertz CT molecular complexity index is 1910. The molecule has 0 radical (unpaired) electrons. The van der Waals surface area contributed by atoms with Gasteiger partial charge in [-0.25, -0.2) is 9.78 Å². The molecule has 0 bridgehead atoms. The van der Waals surface area contributed by atoms with E-state index >= 15 is 0 Å². The van der Waals surface area contributed by atoms with E-state index in [9.17, 15) is 48.9 Å². The van der Waals surface area contributed by atoms with E-state index in [0.29, 0.717) is 17.7 Å². The van der Waals surface area contributed by atoms with Gasteiger partial charge in [0.1, 0.15) is 36.3 Å². The zero-order chi connectivity index (χ0) is 48.6. The van der Waals surface area contributed by atoms with Crippen LogP contribution in [0, 0.1) is 5.92 Å². The first kappa shape index (κ1) is 54.3. The average molecular weight is 916 g/mol. The van der Waals surface area contributed by atoms with Gasteiger partial charge in [0, 0.05) is 37.8 Å². The monoisotopic (exact) mass is 916 g/mol. The lowest BCUT2D eigenvalue weighted by Gasteiger charge is -2.28. The molecule has 0 aliphatic carbocycles. The summed E-state index contributed by atoms with van der Waals surface area (Å²) in [7, 11) is 0. The van der Waals surface area contributed by atoms with Crippen molar-refractivity contribution in [1.82, 2.24) is 41.9 Å². The molecule has 25 heteroatoms. The van der Waals surface area contributed by atoms with Crippen molar-refractivity contribution in [3.8, 4) is 0 Å². The predicted octanol–water partition coefficient (Wildman–Crippen LogP) is -4.96. The summed E-state index contributed by atoms with van der Waals surface area (Å²) in [5.41, 5.74) is 28.5. The Balaban J connectivity index is 2.29. The second-order valence-electron chi connectivity index (χ2n) is 15.7. The van der Waals surface area contributed by atoms with Crippen molar-refractivity contribution in [2.24, 2.45) is 44.6 Å². The number of guanidine groups is 2. The highest BCUT2D eigenvalue weighted by Crippen LogP contribution is 2.10. The second-order valence-corrected chi connectivity index (χ2v) is 15.7. The first-order chi connectivity index (χ1) is 30.7. The van der Waals surface area contributed by atoms with E-state index in [1.54, 1.807) is 44.2 Å². The molecule has 360 valence electrons. The number of carboxylic acids is 1. The molecule has 1 aromatic heterocycles. The molecule has 2 aromatic rings. The van der Waals surface area contributed by atoms with E-state index in [0.717, 1.165) is 0 Å². The van der Waals surface area contributed by atoms with Gasteiger partial charge < -0.3 is 80.9 Å². The van der Waals surface area contributed by atoms with E-state index < -0.39 is 96.4 Å². The third-order valence-electron chi connectivity index (χ3n) is 9.61. The number of hydrogen-bond donors (Lipinski definition) is 15. The Labute approximate surface area is 376 Å². The summed E-state index contributed by atoms with van der Waals surface area (Å²) in [6.45, 7) is 4.00. The van der Waals surface area contributed by atoms with Crippen LogP contribution in [0.25, 0.3) is 0 Å². The molecular formula is C40H65N15O10. The number of amides is 6. The Hall–Kier alpha value is -6.86. The van der Waals surface area contributed by atoms with Crippen LogP contribution in [0.3, 0.4) is 0 Å². The molecule has 0 saturated carbocycles. The van der Waals surface area contributed by atoms with Crippen LogP contribution in [-0.4, -0.2) is 147 Å². The molecule has 0 spiro atoms. The molecule has 0 aliphatic heterocycles. The van der Waals surface area contributed by atoms with Crippen molar-refractivity contribution in [3.05, 3.63) is 54.1 Å². The van der Waals surface area contributed by atoms with Crippen LogP contribution in [-0.2, 0) is 46.4 Å². The zero-order valence-electron chi connectivity index (χ0n) is 36.7. The van der Waals surface area contributed by atoms with E-state index in [4.69, 9.17) is 28.7 Å². The van der Waals surface area contributed by atoms with Crippen LogP contribution in [0.2, 0.25) is 0 Å². The minimum atomic E-state index is -1.69. The lowest BCUT2D eigenvalue weighted by molar-refractivity contribution is -0.142. The van der Waals surface area contributed by atoms with Gasteiger partial charge in [0.2, 0.25) is 35.4 Å². The van der Waals surface area contributed by atoms with Gasteiger partial charge in [-0.3, -0.25) is 38.8 Å². The number of aromatic amines is 1. The maximum Gasteiger partial charge on any atom is 0.326 e. The SMILES string of the molecule is CC(C)C[C@H](NC(=O)[C@H](CO)NC(=O)[C@H](CCCN=C(N)N)NC(=O)[C@@H](NC(=O)[C@@H](N)CCCN=C(N)N)[C@@H](C)O)C(=O)N[C@@H](Cc1ccccc1)C(=O)N[C@@H](Cc1cnc[nH]1)C(=O)O. The third-order valence-corrected chi connectivity index (χ3v) is 9.61. The number of rotatable bonds is 29. The van der Waals surface area contributed by atoms with Crippen molar-refractivity contribution < 1.29 is 48.9 Å². The Kier molecular flexibility index (Phi) is 23.4. The number of imidazole rings is 1. The first-order valence-corrected chi connectivity index (χ1v) is 20.9. The lowest BCUT2D eigenvalue weighted by Crippen LogP contribution is -2.61. The highest BCUT2D eigenvalue weighted by atomic mass is 16.4. The van der Waals surface area contributed by atoms with E-state index in [2.05, 4.69) is 51.9 Å². The fraction of sp³-hybridized carbons (Fsp3) is 0.550. The summed E-state index contributed by atoms with van der Waals surface area (Å²) >= 11 is 0. The van der Waals surface area contributed by atoms with Gasteiger partial charge in [-0.1, -0.05) is 44.2 Å². The molecule has 0 saturated heterocycles. The maximum atomic E-state index is 13.9. The number of aromatic nitrogens is 2. The molecule has 2 rings (SSSR count). The molecule has 1 heterocycles. The summed E-state index contributed by atoms with van der Waals surface area (Å²) in [6, 6.07) is -1.28. The number of aliphatic imine (C=N–C) groups is 2. The Morgan fingerprint density at radius 3 is 1.74 bits per heavy atom. The van der Waals surface area contributed by atoms with E-state index in [1.807, 2.05) is 0 Å². The molecule has 25 nitrogen and oxygen atoms in total. The molecule has 6 amide bonds. The van der Waals surface area contributed by atoms with Crippen molar-refractivity contribution >= 4 is 53.3 Å². The zero-order valence-corrected chi connectivity index (χ0v) is 36.7. The highest BCUT2D eigenvalue weighted by molar-refractivity contribution is 5.97. The number of benzene rings is 1. The lowest BCUT2D eigenvalue weighted by atomic mass is 10.0. The number of carbonyl (C=O) groups is 7. The topological polar surface area (TPSA) is 436 Å². The summed E-state index contributed by atoms with van der Waals surface area (Å²) in [5, 5.41) is 45.5. The van der Waals surface area contributed by atoms with Gasteiger partial charge in [-0.05, 0) is 50.5 Å². The number of nitrogens with one attached hydrogen (secondary N) is 7. The fourth-order valence-corrected chi connectivity index (χ4v) is 6.21. The van der Waals surface area contributed by atoms with Gasteiger partial charge in [0.05, 0.1) is 25.1 Å². The quantitative estimate of drug-likeness (QED) is 0.0206. The molecular weight excluding hydrogens is 851 g/mol. The van der Waals surface area contributed by atoms with Crippen molar-refractivity contribution in [2.75, 3.05) is 19.7 Å². The molecule has 20 N–H and O–H groups in total. The molecule has 0 fully saturated rings. The van der Waals surface area contributed by atoms with Crippen LogP contribution >= 0.6 is 0 Å². The van der Waals surface area contributed by atoms with Gasteiger partial charge in [0.15, 0.2) is 11.9 Å². The van der Waals surface area contributed by atoms with Crippen molar-refractivity contribution in [2.45, 2.75) is 114 Å². The number of aliphatic hydroxyl groups is 2. The van der Waals surface area contributed by atoms with E-state index in [1.165, 1.54) is 19.4 Å². The minimum Gasteiger partial charge on any atom is -0.480 e. The summed E-state index contributed by atoms with van der Waals surface area (Å²) < 4.78 is 0. The molecule has 1 aromatic carbocycles. The summed E-state index contributed by atoms with van der Waals surface area (Å²) in [4.78, 5) is 108. The number of H-pyrrole nitrogens is 1. The highest BCUT2D eigenvalue weighted by Gasteiger charge is 2.35. The van der Waals surface area contributed by atoms with Gasteiger partial charge in [-0.15, -0.1) is 0 Å².